The van der Waals surface area contributed by atoms with Gasteiger partial charge < -0.3 is 9.73 Å². The lowest BCUT2D eigenvalue weighted by Gasteiger charge is -2.18. The van der Waals surface area contributed by atoms with Gasteiger partial charge in [0.05, 0.1) is 19.4 Å². The molecule has 0 atom stereocenters. The van der Waals surface area contributed by atoms with Crippen LogP contribution in [0.25, 0.3) is 0 Å². The van der Waals surface area contributed by atoms with Crippen LogP contribution in [0, 0.1) is 0 Å². The molecule has 1 aromatic heterocycles. The molecule has 1 rings (SSSR count). The summed E-state index contributed by atoms with van der Waals surface area (Å²) >= 11 is 0. The highest BCUT2D eigenvalue weighted by Crippen LogP contribution is 2.14. The second-order valence-electron chi connectivity index (χ2n) is 3.61. The molecule has 0 aliphatic heterocycles. The maximum absolute atomic E-state index is 12.0. The second-order valence-corrected chi connectivity index (χ2v) is 3.61. The van der Waals surface area contributed by atoms with E-state index in [4.69, 9.17) is 4.42 Å². The second kappa shape index (κ2) is 5.91. The molecule has 0 bridgehead atoms. The Morgan fingerprint density at radius 1 is 1.44 bits per heavy atom. The van der Waals surface area contributed by atoms with Gasteiger partial charge in [0.1, 0.15) is 5.76 Å². The minimum Gasteiger partial charge on any atom is -0.468 e. The van der Waals surface area contributed by atoms with Gasteiger partial charge >= 0.3 is 6.18 Å². The zero-order valence-electron chi connectivity index (χ0n) is 9.05. The standard InChI is InChI=1S/C10H15F3N2O/c1-15(8-10(11,12)13)5-4-14-7-9-3-2-6-16-9/h2-3,6,14H,4-5,7-8H2,1H3. The quantitative estimate of drug-likeness (QED) is 0.764. The predicted octanol–water partition coefficient (Wildman–Crippen LogP) is 1.86. The van der Waals surface area contributed by atoms with E-state index in [9.17, 15) is 13.2 Å². The van der Waals surface area contributed by atoms with Crippen LogP contribution in [-0.4, -0.2) is 37.8 Å². The van der Waals surface area contributed by atoms with Gasteiger partial charge in [0.15, 0.2) is 0 Å². The van der Waals surface area contributed by atoms with Gasteiger partial charge in [0.25, 0.3) is 0 Å². The molecule has 16 heavy (non-hydrogen) atoms. The Morgan fingerprint density at radius 2 is 2.19 bits per heavy atom. The fourth-order valence-electron chi connectivity index (χ4n) is 1.28. The fourth-order valence-corrected chi connectivity index (χ4v) is 1.28. The summed E-state index contributed by atoms with van der Waals surface area (Å²) in [6, 6.07) is 3.58. The molecule has 0 saturated heterocycles. The van der Waals surface area contributed by atoms with Gasteiger partial charge in [0, 0.05) is 13.1 Å². The number of hydrogen-bond donors (Lipinski definition) is 1. The van der Waals surface area contributed by atoms with Crippen molar-refractivity contribution in [3.63, 3.8) is 0 Å². The topological polar surface area (TPSA) is 28.4 Å². The molecule has 0 spiro atoms. The zero-order valence-corrected chi connectivity index (χ0v) is 9.05. The van der Waals surface area contributed by atoms with Crippen molar-refractivity contribution >= 4 is 0 Å². The van der Waals surface area contributed by atoms with Crippen LogP contribution in [0.15, 0.2) is 22.8 Å². The third kappa shape index (κ3) is 5.77. The van der Waals surface area contributed by atoms with E-state index in [1.54, 1.807) is 12.3 Å². The molecular formula is C10H15F3N2O. The third-order valence-corrected chi connectivity index (χ3v) is 2.00. The lowest BCUT2D eigenvalue weighted by Crippen LogP contribution is -2.35. The smallest absolute Gasteiger partial charge is 0.401 e. The molecule has 0 aliphatic rings. The first kappa shape index (κ1) is 13.1. The van der Waals surface area contributed by atoms with Crippen molar-refractivity contribution in [1.29, 1.82) is 0 Å². The average molecular weight is 236 g/mol. The number of furan rings is 1. The summed E-state index contributed by atoms with van der Waals surface area (Å²) in [7, 11) is 1.45. The molecule has 0 aliphatic carbocycles. The van der Waals surface area contributed by atoms with Crippen molar-refractivity contribution in [1.82, 2.24) is 10.2 Å². The summed E-state index contributed by atoms with van der Waals surface area (Å²) in [6.45, 7) is 0.496. The highest BCUT2D eigenvalue weighted by atomic mass is 19.4. The summed E-state index contributed by atoms with van der Waals surface area (Å²) in [4.78, 5) is 1.23. The lowest BCUT2D eigenvalue weighted by molar-refractivity contribution is -0.142. The number of nitrogens with one attached hydrogen (secondary N) is 1. The summed E-state index contributed by atoms with van der Waals surface area (Å²) in [6.07, 6.45) is -2.57. The molecular weight excluding hydrogens is 221 g/mol. The Morgan fingerprint density at radius 3 is 2.75 bits per heavy atom. The van der Waals surface area contributed by atoms with E-state index in [0.717, 1.165) is 5.76 Å². The van der Waals surface area contributed by atoms with E-state index in [-0.39, 0.29) is 0 Å². The van der Waals surface area contributed by atoms with Gasteiger partial charge in [-0.05, 0) is 19.2 Å². The van der Waals surface area contributed by atoms with Crippen molar-refractivity contribution in [2.75, 3.05) is 26.7 Å². The molecule has 1 N–H and O–H groups in total. The molecule has 0 fully saturated rings. The maximum Gasteiger partial charge on any atom is 0.401 e. The van der Waals surface area contributed by atoms with Crippen molar-refractivity contribution in [3.8, 4) is 0 Å². The molecule has 0 radical (unpaired) electrons. The summed E-state index contributed by atoms with van der Waals surface area (Å²) in [5, 5.41) is 3.00. The number of nitrogens with zero attached hydrogens (tertiary/aromatic N) is 1. The van der Waals surface area contributed by atoms with Gasteiger partial charge in [-0.2, -0.15) is 13.2 Å². The highest BCUT2D eigenvalue weighted by molar-refractivity contribution is 4.97. The molecule has 0 unspecified atom stereocenters. The van der Waals surface area contributed by atoms with E-state index in [2.05, 4.69) is 5.32 Å². The van der Waals surface area contributed by atoms with Crippen LogP contribution in [0.2, 0.25) is 0 Å². The Labute approximate surface area is 92.2 Å². The van der Waals surface area contributed by atoms with Crippen molar-refractivity contribution < 1.29 is 17.6 Å². The predicted molar refractivity (Wildman–Crippen MR) is 54.0 cm³/mol. The van der Waals surface area contributed by atoms with E-state index in [0.29, 0.717) is 19.6 Å². The molecule has 0 aromatic carbocycles. The summed E-state index contributed by atoms with van der Waals surface area (Å²) in [5.41, 5.74) is 0. The first-order chi connectivity index (χ1) is 7.47. The van der Waals surface area contributed by atoms with Crippen LogP contribution in [0.3, 0.4) is 0 Å². The van der Waals surface area contributed by atoms with Crippen molar-refractivity contribution in [3.05, 3.63) is 24.2 Å². The maximum atomic E-state index is 12.0. The number of alkyl halides is 3. The number of likely N-dealkylation sites (N-methyl/N-ethyl adjacent to an activating group) is 1. The SMILES string of the molecule is CN(CCNCc1ccco1)CC(F)(F)F. The van der Waals surface area contributed by atoms with Gasteiger partial charge in [0.2, 0.25) is 0 Å². The van der Waals surface area contributed by atoms with Crippen molar-refractivity contribution in [2.45, 2.75) is 12.7 Å². The Balaban J connectivity index is 2.07. The minimum atomic E-state index is -4.13. The third-order valence-electron chi connectivity index (χ3n) is 2.00. The minimum absolute atomic E-state index is 0.347. The van der Waals surface area contributed by atoms with E-state index < -0.39 is 12.7 Å². The van der Waals surface area contributed by atoms with Gasteiger partial charge in [-0.3, -0.25) is 4.90 Å². The largest absolute Gasteiger partial charge is 0.468 e. The Bertz CT molecular complexity index is 285. The van der Waals surface area contributed by atoms with E-state index in [1.165, 1.54) is 11.9 Å². The molecule has 1 aromatic rings. The van der Waals surface area contributed by atoms with Crippen LogP contribution in [0.1, 0.15) is 5.76 Å². The lowest BCUT2D eigenvalue weighted by atomic mass is 10.4. The molecule has 1 heterocycles. The van der Waals surface area contributed by atoms with Crippen LogP contribution in [-0.2, 0) is 6.54 Å². The van der Waals surface area contributed by atoms with Crippen LogP contribution in [0.5, 0.6) is 0 Å². The molecule has 0 saturated carbocycles. The Kier molecular flexibility index (Phi) is 4.82. The van der Waals surface area contributed by atoms with Gasteiger partial charge in [-0.1, -0.05) is 0 Å². The first-order valence-corrected chi connectivity index (χ1v) is 4.96. The van der Waals surface area contributed by atoms with Crippen molar-refractivity contribution in [2.24, 2.45) is 0 Å². The zero-order chi connectivity index (χ0) is 12.0. The normalized spacial score (nSPS) is 12.3. The monoisotopic (exact) mass is 236 g/mol. The Hall–Kier alpha value is -1.01. The van der Waals surface area contributed by atoms with Gasteiger partial charge in [-0.25, -0.2) is 0 Å². The summed E-state index contributed by atoms with van der Waals surface area (Å²) in [5.74, 6) is 0.776. The van der Waals surface area contributed by atoms with E-state index in [1.807, 2.05) is 6.07 Å². The van der Waals surface area contributed by atoms with E-state index >= 15 is 0 Å². The number of halogens is 3. The van der Waals surface area contributed by atoms with Crippen LogP contribution in [0.4, 0.5) is 13.2 Å². The highest BCUT2D eigenvalue weighted by Gasteiger charge is 2.28. The number of hydrogen-bond acceptors (Lipinski definition) is 3. The molecule has 92 valence electrons. The summed E-state index contributed by atoms with van der Waals surface area (Å²) < 4.78 is 40.9. The molecule has 6 heteroatoms. The first-order valence-electron chi connectivity index (χ1n) is 4.96. The average Bonchev–Trinajstić information content (AvgIpc) is 2.62. The molecule has 3 nitrogen and oxygen atoms in total. The molecule has 0 amide bonds. The number of rotatable bonds is 6. The fraction of sp³-hybridized carbons (Fsp3) is 0.600. The van der Waals surface area contributed by atoms with Crippen LogP contribution >= 0.6 is 0 Å². The van der Waals surface area contributed by atoms with Crippen LogP contribution < -0.4 is 5.32 Å². The van der Waals surface area contributed by atoms with Gasteiger partial charge in [-0.15, -0.1) is 0 Å².